The Morgan fingerprint density at radius 2 is 0.506 bits per heavy atom. The second-order valence-electron chi connectivity index (χ2n) is 22.7. The van der Waals surface area contributed by atoms with Crippen molar-refractivity contribution in [2.75, 3.05) is 13.2 Å². The molecule has 1 unspecified atom stereocenters. The van der Waals surface area contributed by atoms with Gasteiger partial charge >= 0.3 is 17.9 Å². The second-order valence-corrected chi connectivity index (χ2v) is 22.7. The zero-order valence-corrected chi connectivity index (χ0v) is 51.5. The van der Waals surface area contributed by atoms with Crippen LogP contribution in [0, 0.1) is 0 Å². The fraction of sp³-hybridized carbons (Fsp3) is 0.817. The molecule has 0 bridgehead atoms. The van der Waals surface area contributed by atoms with Crippen molar-refractivity contribution in [1.82, 2.24) is 0 Å². The molecule has 0 radical (unpaired) electrons. The largest absolute Gasteiger partial charge is 0.462 e. The summed E-state index contributed by atoms with van der Waals surface area (Å²) < 4.78 is 16.8. The van der Waals surface area contributed by atoms with Gasteiger partial charge in [-0.3, -0.25) is 14.4 Å². The van der Waals surface area contributed by atoms with Gasteiger partial charge in [0.15, 0.2) is 6.10 Å². The van der Waals surface area contributed by atoms with Crippen LogP contribution in [0.1, 0.15) is 355 Å². The Kier molecular flexibility index (Phi) is 63.2. The summed E-state index contributed by atoms with van der Waals surface area (Å²) in [7, 11) is 0. The molecule has 0 saturated carbocycles. The normalized spacial score (nSPS) is 12.4. The number of unbranched alkanes of at least 4 members (excludes halogenated alkanes) is 41. The molecule has 0 spiro atoms. The van der Waals surface area contributed by atoms with Gasteiger partial charge in [0.05, 0.1) is 0 Å². The molecule has 0 N–H and O–H groups in total. The van der Waals surface area contributed by atoms with E-state index in [0.717, 1.165) is 109 Å². The van der Waals surface area contributed by atoms with Crippen LogP contribution in [-0.4, -0.2) is 37.2 Å². The van der Waals surface area contributed by atoms with E-state index in [1.165, 1.54) is 205 Å². The third kappa shape index (κ3) is 63.8. The molecule has 448 valence electrons. The standard InChI is InChI=1S/C71H128O6/c1-4-7-10-13-16-18-20-22-24-26-28-30-31-32-33-34-35-36-37-38-39-40-42-43-45-47-49-51-53-55-58-61-64-70(73)76-67-68(66-75-69(72)63-60-57-15-12-9-6-3)77-71(74)65-62-59-56-54-52-50-48-46-44-41-29-27-25-23-21-19-17-14-11-8-5-2/h8,11,17,19,23,25,29,41,46,48,68H,4-7,9-10,12-16,18,20-22,24,26-28,30-40,42-45,47,49-67H2,1-3H3/b11-8-,19-17-,25-23-,41-29-,48-46-. The van der Waals surface area contributed by atoms with Crippen LogP contribution in [0.15, 0.2) is 60.8 Å². The van der Waals surface area contributed by atoms with Gasteiger partial charge in [-0.2, -0.15) is 0 Å². The van der Waals surface area contributed by atoms with E-state index in [4.69, 9.17) is 14.2 Å². The summed E-state index contributed by atoms with van der Waals surface area (Å²) in [5, 5.41) is 0. The van der Waals surface area contributed by atoms with Crippen molar-refractivity contribution in [3.8, 4) is 0 Å². The van der Waals surface area contributed by atoms with Gasteiger partial charge in [-0.15, -0.1) is 0 Å². The number of hydrogen-bond donors (Lipinski definition) is 0. The second kappa shape index (κ2) is 65.6. The maximum absolute atomic E-state index is 12.8. The lowest BCUT2D eigenvalue weighted by Gasteiger charge is -2.18. The molecule has 0 amide bonds. The molecule has 1 atom stereocenters. The lowest BCUT2D eigenvalue weighted by Crippen LogP contribution is -2.30. The van der Waals surface area contributed by atoms with Crippen LogP contribution in [0.25, 0.3) is 0 Å². The molecule has 0 aliphatic carbocycles. The highest BCUT2D eigenvalue weighted by Crippen LogP contribution is 2.18. The van der Waals surface area contributed by atoms with Crippen molar-refractivity contribution in [2.45, 2.75) is 361 Å². The van der Waals surface area contributed by atoms with Crippen LogP contribution in [-0.2, 0) is 28.6 Å². The molecule has 0 aromatic rings. The van der Waals surface area contributed by atoms with Gasteiger partial charge < -0.3 is 14.2 Å². The number of carbonyl (C=O) groups is 3. The third-order valence-corrected chi connectivity index (χ3v) is 15.0. The molecule has 6 heteroatoms. The molecule has 0 aromatic carbocycles. The number of ether oxygens (including phenoxy) is 3. The minimum absolute atomic E-state index is 0.0791. The van der Waals surface area contributed by atoms with E-state index in [-0.39, 0.29) is 31.1 Å². The van der Waals surface area contributed by atoms with E-state index in [9.17, 15) is 14.4 Å². The quantitative estimate of drug-likeness (QED) is 0.0261. The Labute approximate surface area is 479 Å². The minimum Gasteiger partial charge on any atom is -0.462 e. The van der Waals surface area contributed by atoms with Gasteiger partial charge in [0, 0.05) is 19.3 Å². The molecular weight excluding hydrogens is 949 g/mol. The molecule has 0 aliphatic heterocycles. The highest BCUT2D eigenvalue weighted by Gasteiger charge is 2.19. The molecule has 0 fully saturated rings. The summed E-state index contributed by atoms with van der Waals surface area (Å²) in [6.07, 6.45) is 84.4. The van der Waals surface area contributed by atoms with Crippen molar-refractivity contribution in [3.05, 3.63) is 60.8 Å². The molecule has 0 aromatic heterocycles. The molecule has 0 rings (SSSR count). The van der Waals surface area contributed by atoms with Crippen molar-refractivity contribution < 1.29 is 28.6 Å². The highest BCUT2D eigenvalue weighted by atomic mass is 16.6. The van der Waals surface area contributed by atoms with Crippen LogP contribution < -0.4 is 0 Å². The summed E-state index contributed by atoms with van der Waals surface area (Å²) >= 11 is 0. The maximum atomic E-state index is 12.8. The smallest absolute Gasteiger partial charge is 0.306 e. The summed E-state index contributed by atoms with van der Waals surface area (Å²) in [4.78, 5) is 38.0. The third-order valence-electron chi connectivity index (χ3n) is 15.0. The first-order chi connectivity index (χ1) is 38.0. The first-order valence-corrected chi connectivity index (χ1v) is 33.8. The Balaban J connectivity index is 3.99. The molecule has 0 aliphatic rings. The fourth-order valence-electron chi connectivity index (χ4n) is 10.0. The molecular formula is C71H128O6. The summed E-state index contributed by atoms with van der Waals surface area (Å²) in [6.45, 7) is 6.50. The number of allylic oxidation sites excluding steroid dienone is 10. The molecule has 0 heterocycles. The lowest BCUT2D eigenvalue weighted by molar-refractivity contribution is -0.167. The molecule has 0 saturated heterocycles. The first kappa shape index (κ1) is 74.1. The summed E-state index contributed by atoms with van der Waals surface area (Å²) in [5.41, 5.74) is 0. The van der Waals surface area contributed by atoms with Crippen LogP contribution in [0.4, 0.5) is 0 Å². The molecule has 6 nitrogen and oxygen atoms in total. The summed E-state index contributed by atoms with van der Waals surface area (Å²) in [6, 6.07) is 0. The predicted octanol–water partition coefficient (Wildman–Crippen LogP) is 23.1. The van der Waals surface area contributed by atoms with E-state index < -0.39 is 6.10 Å². The van der Waals surface area contributed by atoms with Crippen LogP contribution in [0.2, 0.25) is 0 Å². The monoisotopic (exact) mass is 1080 g/mol. The maximum Gasteiger partial charge on any atom is 0.306 e. The molecule has 77 heavy (non-hydrogen) atoms. The fourth-order valence-corrected chi connectivity index (χ4v) is 10.0. The van der Waals surface area contributed by atoms with Gasteiger partial charge in [0.2, 0.25) is 0 Å². The van der Waals surface area contributed by atoms with E-state index in [1.807, 2.05) is 0 Å². The van der Waals surface area contributed by atoms with Crippen LogP contribution >= 0.6 is 0 Å². The van der Waals surface area contributed by atoms with E-state index in [1.54, 1.807) is 0 Å². The van der Waals surface area contributed by atoms with E-state index in [2.05, 4.69) is 81.5 Å². The van der Waals surface area contributed by atoms with Crippen LogP contribution in [0.5, 0.6) is 0 Å². The highest BCUT2D eigenvalue weighted by molar-refractivity contribution is 5.71. The van der Waals surface area contributed by atoms with Gasteiger partial charge in [-0.05, 0) is 64.2 Å². The average molecular weight is 1080 g/mol. The average Bonchev–Trinajstić information content (AvgIpc) is 3.43. The number of rotatable bonds is 62. The van der Waals surface area contributed by atoms with Gasteiger partial charge in [-0.1, -0.05) is 332 Å². The topological polar surface area (TPSA) is 78.9 Å². The zero-order valence-electron chi connectivity index (χ0n) is 51.5. The lowest BCUT2D eigenvalue weighted by atomic mass is 10.0. The van der Waals surface area contributed by atoms with E-state index >= 15 is 0 Å². The van der Waals surface area contributed by atoms with Crippen LogP contribution in [0.3, 0.4) is 0 Å². The Bertz CT molecular complexity index is 1380. The van der Waals surface area contributed by atoms with Crippen molar-refractivity contribution >= 4 is 17.9 Å². The Morgan fingerprint density at radius 1 is 0.273 bits per heavy atom. The Morgan fingerprint density at radius 3 is 0.792 bits per heavy atom. The number of esters is 3. The number of carbonyl (C=O) groups excluding carboxylic acids is 3. The van der Waals surface area contributed by atoms with Crippen molar-refractivity contribution in [1.29, 1.82) is 0 Å². The summed E-state index contributed by atoms with van der Waals surface area (Å²) in [5.74, 6) is -0.892. The zero-order chi connectivity index (χ0) is 55.7. The van der Waals surface area contributed by atoms with Gasteiger partial charge in [0.25, 0.3) is 0 Å². The SMILES string of the molecule is CC/C=C\C/C=C\C/C=C\C/C=C\C/C=C\CCCCCCCC(=O)OC(COC(=O)CCCCCCCC)COC(=O)CCCCCCCCCCCCCCCCCCCCCCCCCCCCCCCCCC. The van der Waals surface area contributed by atoms with E-state index in [0.29, 0.717) is 19.3 Å². The number of hydrogen-bond acceptors (Lipinski definition) is 6. The van der Waals surface area contributed by atoms with Crippen molar-refractivity contribution in [3.63, 3.8) is 0 Å². The minimum atomic E-state index is -0.781. The predicted molar refractivity (Wildman–Crippen MR) is 335 cm³/mol. The Hall–Kier alpha value is -2.89. The van der Waals surface area contributed by atoms with Gasteiger partial charge in [-0.25, -0.2) is 0 Å². The first-order valence-electron chi connectivity index (χ1n) is 33.8. The van der Waals surface area contributed by atoms with Crippen molar-refractivity contribution in [2.24, 2.45) is 0 Å². The van der Waals surface area contributed by atoms with Gasteiger partial charge in [0.1, 0.15) is 13.2 Å².